The summed E-state index contributed by atoms with van der Waals surface area (Å²) in [5.41, 5.74) is 1.22. The van der Waals surface area contributed by atoms with Gasteiger partial charge < -0.3 is 0 Å². The van der Waals surface area contributed by atoms with E-state index in [1.165, 1.54) is 31.2 Å². The molecule has 1 nitrogen and oxygen atoms in total. The highest BCUT2D eigenvalue weighted by molar-refractivity contribution is 5.87. The fourth-order valence-corrected chi connectivity index (χ4v) is 2.98. The maximum atomic E-state index is 12.4. The lowest BCUT2D eigenvalue weighted by Gasteiger charge is -2.24. The molecule has 17 heavy (non-hydrogen) atoms. The highest BCUT2D eigenvalue weighted by Crippen LogP contribution is 2.39. The second kappa shape index (κ2) is 5.48. The normalized spacial score (nSPS) is 18.5. The van der Waals surface area contributed by atoms with Gasteiger partial charge in [0.05, 0.1) is 0 Å². The van der Waals surface area contributed by atoms with Gasteiger partial charge in [0.1, 0.15) is 5.78 Å². The molecule has 0 aromatic heterocycles. The number of carbonyl (C=O) groups excluding carboxylic acids is 1. The zero-order valence-electron chi connectivity index (χ0n) is 10.9. The van der Waals surface area contributed by atoms with Crippen LogP contribution in [0.3, 0.4) is 0 Å². The van der Waals surface area contributed by atoms with Crippen LogP contribution in [-0.2, 0) is 4.79 Å². The fourth-order valence-electron chi connectivity index (χ4n) is 2.98. The van der Waals surface area contributed by atoms with Crippen LogP contribution < -0.4 is 0 Å². The Bertz CT molecular complexity index is 360. The summed E-state index contributed by atoms with van der Waals surface area (Å²) in [6.45, 7) is 4.04. The van der Waals surface area contributed by atoms with Gasteiger partial charge in [0.25, 0.3) is 0 Å². The third-order valence-electron chi connectivity index (χ3n) is 3.91. The number of hydrogen-bond donors (Lipinski definition) is 0. The van der Waals surface area contributed by atoms with Crippen molar-refractivity contribution in [1.29, 1.82) is 0 Å². The van der Waals surface area contributed by atoms with E-state index >= 15 is 0 Å². The largest absolute Gasteiger partial charge is 0.299 e. The quantitative estimate of drug-likeness (QED) is 0.758. The number of carbonyl (C=O) groups is 1. The minimum Gasteiger partial charge on any atom is -0.299 e. The van der Waals surface area contributed by atoms with E-state index in [0.717, 1.165) is 0 Å². The van der Waals surface area contributed by atoms with Gasteiger partial charge in [-0.1, -0.05) is 57.0 Å². The van der Waals surface area contributed by atoms with Crippen LogP contribution in [0.25, 0.3) is 0 Å². The van der Waals surface area contributed by atoms with Gasteiger partial charge in [0.15, 0.2) is 0 Å². The van der Waals surface area contributed by atoms with E-state index in [1.54, 1.807) is 0 Å². The molecule has 0 radical (unpaired) electrons. The Balaban J connectivity index is 2.27. The van der Waals surface area contributed by atoms with Crippen molar-refractivity contribution in [2.45, 2.75) is 45.4 Å². The molecular weight excluding hydrogens is 208 g/mol. The van der Waals surface area contributed by atoms with Crippen LogP contribution >= 0.6 is 0 Å². The Kier molecular flexibility index (Phi) is 3.98. The summed E-state index contributed by atoms with van der Waals surface area (Å²) < 4.78 is 0. The number of rotatable bonds is 4. The van der Waals surface area contributed by atoms with E-state index in [1.807, 2.05) is 32.0 Å². The molecule has 1 aromatic carbocycles. The molecule has 1 atom stereocenters. The fraction of sp³-hybridized carbons (Fsp3) is 0.562. The van der Waals surface area contributed by atoms with Gasteiger partial charge in [-0.2, -0.15) is 0 Å². The molecule has 0 heterocycles. The molecule has 1 aliphatic carbocycles. The van der Waals surface area contributed by atoms with E-state index < -0.39 is 0 Å². The van der Waals surface area contributed by atoms with Crippen LogP contribution in [0.15, 0.2) is 30.3 Å². The monoisotopic (exact) mass is 230 g/mol. The van der Waals surface area contributed by atoms with Gasteiger partial charge in [-0.15, -0.1) is 0 Å². The van der Waals surface area contributed by atoms with Gasteiger partial charge in [-0.3, -0.25) is 4.79 Å². The van der Waals surface area contributed by atoms with Crippen LogP contribution in [0.1, 0.15) is 51.0 Å². The predicted octanol–water partition coefficient (Wildman–Crippen LogP) is 4.19. The van der Waals surface area contributed by atoms with Crippen molar-refractivity contribution in [2.24, 2.45) is 11.8 Å². The topological polar surface area (TPSA) is 17.1 Å². The second-order valence-electron chi connectivity index (χ2n) is 5.49. The Morgan fingerprint density at radius 2 is 1.71 bits per heavy atom. The van der Waals surface area contributed by atoms with Crippen molar-refractivity contribution in [2.75, 3.05) is 0 Å². The summed E-state index contributed by atoms with van der Waals surface area (Å²) in [6.07, 6.45) is 5.02. The van der Waals surface area contributed by atoms with Crippen molar-refractivity contribution in [1.82, 2.24) is 0 Å². The van der Waals surface area contributed by atoms with Gasteiger partial charge >= 0.3 is 0 Å². The van der Waals surface area contributed by atoms with E-state index in [4.69, 9.17) is 0 Å². The molecule has 1 aromatic rings. The van der Waals surface area contributed by atoms with Crippen LogP contribution in [0, 0.1) is 11.8 Å². The van der Waals surface area contributed by atoms with Gasteiger partial charge in [-0.25, -0.2) is 0 Å². The maximum absolute atomic E-state index is 12.4. The summed E-state index contributed by atoms with van der Waals surface area (Å²) in [4.78, 5) is 12.4. The first-order valence-electron chi connectivity index (χ1n) is 6.79. The lowest BCUT2D eigenvalue weighted by atomic mass is 9.78. The van der Waals surface area contributed by atoms with Crippen LogP contribution in [0.5, 0.6) is 0 Å². The summed E-state index contributed by atoms with van der Waals surface area (Å²) in [5, 5.41) is 0. The lowest BCUT2D eigenvalue weighted by molar-refractivity contribution is -0.124. The molecule has 1 unspecified atom stereocenters. The van der Waals surface area contributed by atoms with E-state index in [-0.39, 0.29) is 11.8 Å². The average Bonchev–Trinajstić information content (AvgIpc) is 2.84. The van der Waals surface area contributed by atoms with E-state index in [2.05, 4.69) is 12.1 Å². The molecular formula is C16H22O. The summed E-state index contributed by atoms with van der Waals surface area (Å²) in [7, 11) is 0. The molecule has 92 valence electrons. The summed E-state index contributed by atoms with van der Waals surface area (Å²) in [6, 6.07) is 10.3. The minimum atomic E-state index is 0.138. The summed E-state index contributed by atoms with van der Waals surface area (Å²) in [5.74, 6) is 1.27. The Hall–Kier alpha value is -1.11. The Labute approximate surface area is 104 Å². The molecule has 0 amide bonds. The molecule has 1 fully saturated rings. The van der Waals surface area contributed by atoms with Crippen LogP contribution in [0.4, 0.5) is 0 Å². The smallest absolute Gasteiger partial charge is 0.143 e. The van der Waals surface area contributed by atoms with E-state index in [9.17, 15) is 4.79 Å². The van der Waals surface area contributed by atoms with Crippen molar-refractivity contribution >= 4 is 5.78 Å². The van der Waals surface area contributed by atoms with Crippen molar-refractivity contribution < 1.29 is 4.79 Å². The highest BCUT2D eigenvalue weighted by Gasteiger charge is 2.32. The third kappa shape index (κ3) is 2.77. The molecule has 1 heteroatoms. The zero-order chi connectivity index (χ0) is 12.3. The highest BCUT2D eigenvalue weighted by atomic mass is 16.1. The third-order valence-corrected chi connectivity index (χ3v) is 3.91. The molecule has 1 saturated carbocycles. The van der Waals surface area contributed by atoms with Crippen molar-refractivity contribution in [3.63, 3.8) is 0 Å². The number of ketones is 1. The standard InChI is InChI=1S/C16H22O/c1-12(2)16(17)15(14-10-6-7-11-14)13-8-4-3-5-9-13/h3-5,8-9,12,14-15H,6-7,10-11H2,1-2H3. The SMILES string of the molecule is CC(C)C(=O)C(c1ccccc1)C1CCCC1. The number of benzene rings is 1. The Morgan fingerprint density at radius 3 is 2.24 bits per heavy atom. The molecule has 0 bridgehead atoms. The molecule has 2 rings (SSSR count). The molecule has 1 aliphatic rings. The molecule has 0 saturated heterocycles. The second-order valence-corrected chi connectivity index (χ2v) is 5.49. The molecule has 0 N–H and O–H groups in total. The predicted molar refractivity (Wildman–Crippen MR) is 71.0 cm³/mol. The van der Waals surface area contributed by atoms with Gasteiger partial charge in [0, 0.05) is 11.8 Å². The maximum Gasteiger partial charge on any atom is 0.143 e. The number of hydrogen-bond acceptors (Lipinski definition) is 1. The van der Waals surface area contributed by atoms with Crippen LogP contribution in [-0.4, -0.2) is 5.78 Å². The molecule has 0 aliphatic heterocycles. The van der Waals surface area contributed by atoms with Crippen LogP contribution in [0.2, 0.25) is 0 Å². The Morgan fingerprint density at radius 1 is 1.12 bits per heavy atom. The number of Topliss-reactive ketones (excluding diaryl/α,β-unsaturated/α-hetero) is 1. The molecule has 0 spiro atoms. The first kappa shape index (κ1) is 12.3. The van der Waals surface area contributed by atoms with E-state index in [0.29, 0.717) is 11.7 Å². The first-order valence-corrected chi connectivity index (χ1v) is 6.79. The van der Waals surface area contributed by atoms with Crippen molar-refractivity contribution in [3.8, 4) is 0 Å². The zero-order valence-corrected chi connectivity index (χ0v) is 10.9. The first-order chi connectivity index (χ1) is 8.20. The van der Waals surface area contributed by atoms with Gasteiger partial charge in [-0.05, 0) is 24.3 Å². The average molecular weight is 230 g/mol. The minimum absolute atomic E-state index is 0.138. The summed E-state index contributed by atoms with van der Waals surface area (Å²) >= 11 is 0. The van der Waals surface area contributed by atoms with Gasteiger partial charge in [0.2, 0.25) is 0 Å². The van der Waals surface area contributed by atoms with Crippen molar-refractivity contribution in [3.05, 3.63) is 35.9 Å². The lowest BCUT2D eigenvalue weighted by Crippen LogP contribution is -2.24.